The summed E-state index contributed by atoms with van der Waals surface area (Å²) in [4.78, 5) is 2.77. The number of piperazine rings is 1. The van der Waals surface area contributed by atoms with Crippen molar-refractivity contribution in [1.82, 2.24) is 10.2 Å². The van der Waals surface area contributed by atoms with Crippen molar-refractivity contribution < 1.29 is 0 Å². The molecule has 0 amide bonds. The minimum absolute atomic E-state index is 0.375. The third-order valence-electron chi connectivity index (χ3n) is 4.82. The smallest absolute Gasteiger partial charge is 0.0269 e. The van der Waals surface area contributed by atoms with Gasteiger partial charge in [0.05, 0.1) is 0 Å². The van der Waals surface area contributed by atoms with Crippen LogP contribution in [0, 0.1) is 11.3 Å². The van der Waals surface area contributed by atoms with Crippen LogP contribution in [0.25, 0.3) is 0 Å². The van der Waals surface area contributed by atoms with Crippen LogP contribution in [0.5, 0.6) is 0 Å². The molecule has 1 fully saturated rings. The molecular weight excluding hydrogens is 232 g/mol. The first-order valence-electron chi connectivity index (χ1n) is 8.37. The molecule has 1 aliphatic heterocycles. The molecule has 0 saturated carbocycles. The normalized spacial score (nSPS) is 27.5. The summed E-state index contributed by atoms with van der Waals surface area (Å²) >= 11 is 0. The number of rotatable bonds is 6. The summed E-state index contributed by atoms with van der Waals surface area (Å²) in [6, 6.07) is 1.37. The highest BCUT2D eigenvalue weighted by Gasteiger charge is 2.36. The number of hydrogen-bond donors (Lipinski definition) is 1. The Morgan fingerprint density at radius 2 is 1.89 bits per heavy atom. The Kier molecular flexibility index (Phi) is 6.82. The van der Waals surface area contributed by atoms with Gasteiger partial charge in [0, 0.05) is 25.2 Å². The fourth-order valence-corrected chi connectivity index (χ4v) is 3.17. The van der Waals surface area contributed by atoms with Gasteiger partial charge in [-0.2, -0.15) is 0 Å². The lowest BCUT2D eigenvalue weighted by atomic mass is 9.82. The van der Waals surface area contributed by atoms with Gasteiger partial charge >= 0.3 is 0 Å². The van der Waals surface area contributed by atoms with Crippen molar-refractivity contribution in [2.24, 2.45) is 11.3 Å². The van der Waals surface area contributed by atoms with Crippen molar-refractivity contribution >= 4 is 0 Å². The molecule has 1 heterocycles. The van der Waals surface area contributed by atoms with Crippen molar-refractivity contribution in [2.75, 3.05) is 19.6 Å². The van der Waals surface area contributed by atoms with Crippen LogP contribution in [0.4, 0.5) is 0 Å². The van der Waals surface area contributed by atoms with E-state index in [9.17, 15) is 0 Å². The van der Waals surface area contributed by atoms with Crippen LogP contribution in [-0.4, -0.2) is 36.6 Å². The average Bonchev–Trinajstić information content (AvgIpc) is 2.36. The summed E-state index contributed by atoms with van der Waals surface area (Å²) in [5, 5.41) is 3.81. The van der Waals surface area contributed by atoms with Crippen LogP contribution in [0.3, 0.4) is 0 Å². The van der Waals surface area contributed by atoms with Crippen LogP contribution in [-0.2, 0) is 0 Å². The van der Waals surface area contributed by atoms with Crippen LogP contribution < -0.4 is 5.32 Å². The zero-order chi connectivity index (χ0) is 14.5. The van der Waals surface area contributed by atoms with Crippen LogP contribution >= 0.6 is 0 Å². The Morgan fingerprint density at radius 1 is 1.21 bits per heavy atom. The van der Waals surface area contributed by atoms with E-state index >= 15 is 0 Å². The van der Waals surface area contributed by atoms with Gasteiger partial charge in [0.2, 0.25) is 0 Å². The minimum atomic E-state index is 0.375. The first-order valence-corrected chi connectivity index (χ1v) is 8.37. The topological polar surface area (TPSA) is 15.3 Å². The molecule has 2 heteroatoms. The highest BCUT2D eigenvalue weighted by molar-refractivity contribution is 4.93. The molecule has 3 unspecified atom stereocenters. The molecule has 1 saturated heterocycles. The fraction of sp³-hybridized carbons (Fsp3) is 1.00. The van der Waals surface area contributed by atoms with E-state index in [1.54, 1.807) is 0 Å². The van der Waals surface area contributed by atoms with Gasteiger partial charge in [0.1, 0.15) is 0 Å². The molecule has 1 N–H and O–H groups in total. The lowest BCUT2D eigenvalue weighted by Crippen LogP contribution is -2.62. The van der Waals surface area contributed by atoms with Gasteiger partial charge in [-0.1, -0.05) is 60.8 Å². The monoisotopic (exact) mass is 268 g/mol. The molecule has 0 spiro atoms. The molecule has 0 radical (unpaired) electrons. The summed E-state index contributed by atoms with van der Waals surface area (Å²) in [6.07, 6.45) is 5.33. The third kappa shape index (κ3) is 5.07. The lowest BCUT2D eigenvalue weighted by Gasteiger charge is -2.47. The molecule has 3 atom stereocenters. The molecule has 19 heavy (non-hydrogen) atoms. The molecule has 114 valence electrons. The van der Waals surface area contributed by atoms with E-state index < -0.39 is 0 Å². The summed E-state index contributed by atoms with van der Waals surface area (Å²) in [5.41, 5.74) is 0.375. The van der Waals surface area contributed by atoms with Crippen LogP contribution in [0.2, 0.25) is 0 Å². The predicted molar refractivity (Wildman–Crippen MR) is 85.6 cm³/mol. The van der Waals surface area contributed by atoms with Gasteiger partial charge in [-0.25, -0.2) is 0 Å². The Bertz CT molecular complexity index is 244. The predicted octanol–water partition coefficient (Wildman–Crippen LogP) is 3.91. The summed E-state index contributed by atoms with van der Waals surface area (Å²) in [6.45, 7) is 17.8. The Hall–Kier alpha value is -0.0800. The first-order chi connectivity index (χ1) is 8.90. The third-order valence-corrected chi connectivity index (χ3v) is 4.82. The Labute approximate surface area is 121 Å². The maximum absolute atomic E-state index is 3.81. The second kappa shape index (κ2) is 7.64. The highest BCUT2D eigenvalue weighted by Crippen LogP contribution is 2.28. The van der Waals surface area contributed by atoms with E-state index in [2.05, 4.69) is 51.8 Å². The maximum atomic E-state index is 3.81. The van der Waals surface area contributed by atoms with E-state index in [0.29, 0.717) is 17.5 Å². The minimum Gasteiger partial charge on any atom is -0.311 e. The summed E-state index contributed by atoms with van der Waals surface area (Å²) in [7, 11) is 0. The van der Waals surface area contributed by atoms with E-state index in [1.807, 2.05) is 0 Å². The number of nitrogens with zero attached hydrogens (tertiary/aromatic N) is 1. The molecule has 0 aromatic rings. The SMILES string of the molecule is CCCCCN1CC(C(C)CC)NCC1C(C)(C)C. The van der Waals surface area contributed by atoms with E-state index in [1.165, 1.54) is 38.8 Å². The number of unbranched alkanes of at least 4 members (excludes halogenated alkanes) is 2. The largest absolute Gasteiger partial charge is 0.311 e. The summed E-state index contributed by atoms with van der Waals surface area (Å²) in [5.74, 6) is 0.787. The van der Waals surface area contributed by atoms with Crippen molar-refractivity contribution in [3.05, 3.63) is 0 Å². The zero-order valence-electron chi connectivity index (χ0n) is 14.1. The average molecular weight is 268 g/mol. The van der Waals surface area contributed by atoms with Crippen molar-refractivity contribution in [1.29, 1.82) is 0 Å². The van der Waals surface area contributed by atoms with Gasteiger partial charge in [0.15, 0.2) is 0 Å². The second-order valence-electron chi connectivity index (χ2n) is 7.48. The quantitative estimate of drug-likeness (QED) is 0.735. The van der Waals surface area contributed by atoms with E-state index in [0.717, 1.165) is 12.5 Å². The van der Waals surface area contributed by atoms with Crippen molar-refractivity contribution in [3.63, 3.8) is 0 Å². The molecule has 0 aromatic carbocycles. The first kappa shape index (κ1) is 17.0. The lowest BCUT2D eigenvalue weighted by molar-refractivity contribution is 0.0428. The van der Waals surface area contributed by atoms with E-state index in [-0.39, 0.29) is 0 Å². The van der Waals surface area contributed by atoms with Crippen molar-refractivity contribution in [2.45, 2.75) is 79.3 Å². The summed E-state index contributed by atoms with van der Waals surface area (Å²) < 4.78 is 0. The van der Waals surface area contributed by atoms with Crippen LogP contribution in [0.15, 0.2) is 0 Å². The number of nitrogens with one attached hydrogen (secondary N) is 1. The molecular formula is C17H36N2. The van der Waals surface area contributed by atoms with Crippen molar-refractivity contribution in [3.8, 4) is 0 Å². The highest BCUT2D eigenvalue weighted by atomic mass is 15.2. The fourth-order valence-electron chi connectivity index (χ4n) is 3.17. The van der Waals surface area contributed by atoms with Crippen LogP contribution in [0.1, 0.15) is 67.2 Å². The zero-order valence-corrected chi connectivity index (χ0v) is 14.1. The standard InChI is InChI=1S/C17H36N2/c1-7-9-10-11-19-13-15(14(3)8-2)18-12-16(19)17(4,5)6/h14-16,18H,7-13H2,1-6H3. The molecule has 1 aliphatic rings. The molecule has 1 rings (SSSR count). The molecule has 2 nitrogen and oxygen atoms in total. The second-order valence-corrected chi connectivity index (χ2v) is 7.48. The van der Waals surface area contributed by atoms with Gasteiger partial charge in [0.25, 0.3) is 0 Å². The number of hydrogen-bond acceptors (Lipinski definition) is 2. The Balaban J connectivity index is 2.63. The van der Waals surface area contributed by atoms with Gasteiger partial charge in [-0.15, -0.1) is 0 Å². The maximum Gasteiger partial charge on any atom is 0.0269 e. The Morgan fingerprint density at radius 3 is 2.42 bits per heavy atom. The van der Waals surface area contributed by atoms with E-state index in [4.69, 9.17) is 0 Å². The molecule has 0 bridgehead atoms. The molecule has 0 aliphatic carbocycles. The molecule has 0 aromatic heterocycles. The van der Waals surface area contributed by atoms with Gasteiger partial charge < -0.3 is 5.32 Å². The van der Waals surface area contributed by atoms with Gasteiger partial charge in [-0.05, 0) is 24.3 Å². The van der Waals surface area contributed by atoms with Gasteiger partial charge in [-0.3, -0.25) is 4.90 Å².